The highest BCUT2D eigenvalue weighted by atomic mass is 15.1. The van der Waals surface area contributed by atoms with Crippen molar-refractivity contribution in [1.29, 1.82) is 0 Å². The maximum Gasteiger partial charge on any atom is 0.0366 e. The monoisotopic (exact) mass is 248 g/mol. The smallest absolute Gasteiger partial charge is 0.0366 e. The Balaban J connectivity index is 2.36. The quantitative estimate of drug-likeness (QED) is 0.717. The van der Waals surface area contributed by atoms with Crippen LogP contribution >= 0.6 is 0 Å². The molecule has 0 aliphatic carbocycles. The topological polar surface area (TPSA) is 15.3 Å². The maximum absolute atomic E-state index is 3.55. The Bertz CT molecular complexity index is 297. The lowest BCUT2D eigenvalue weighted by atomic mass is 10.1. The number of hydrogen-bond acceptors (Lipinski definition) is 2. The highest BCUT2D eigenvalue weighted by Gasteiger charge is 2.07. The number of nitrogens with zero attached hydrogens (tertiary/aromatic N) is 1. The third-order valence-corrected chi connectivity index (χ3v) is 3.47. The first-order valence-electron chi connectivity index (χ1n) is 7.35. The number of benzene rings is 1. The van der Waals surface area contributed by atoms with Crippen molar-refractivity contribution in [3.05, 3.63) is 30.3 Å². The van der Waals surface area contributed by atoms with Gasteiger partial charge in [-0.2, -0.15) is 0 Å². The molecule has 1 atom stereocenters. The van der Waals surface area contributed by atoms with Crippen molar-refractivity contribution in [2.24, 2.45) is 0 Å². The Morgan fingerprint density at radius 3 is 2.39 bits per heavy atom. The summed E-state index contributed by atoms with van der Waals surface area (Å²) in [6, 6.07) is 11.4. The van der Waals surface area contributed by atoms with Crippen LogP contribution in [0.4, 0.5) is 5.69 Å². The molecule has 0 saturated carbocycles. The molecular weight excluding hydrogens is 220 g/mol. The maximum atomic E-state index is 3.55. The lowest BCUT2D eigenvalue weighted by Gasteiger charge is -2.24. The second-order valence-electron chi connectivity index (χ2n) is 4.72. The van der Waals surface area contributed by atoms with Crippen molar-refractivity contribution < 1.29 is 0 Å². The summed E-state index contributed by atoms with van der Waals surface area (Å²) >= 11 is 0. The molecule has 0 aromatic heterocycles. The molecule has 1 N–H and O–H groups in total. The van der Waals surface area contributed by atoms with Crippen molar-refractivity contribution in [3.63, 3.8) is 0 Å². The molecule has 2 heteroatoms. The summed E-state index contributed by atoms with van der Waals surface area (Å²) in [5, 5.41) is 3.55. The minimum Gasteiger partial charge on any atom is -0.372 e. The van der Waals surface area contributed by atoms with E-state index in [0.29, 0.717) is 6.04 Å². The van der Waals surface area contributed by atoms with Gasteiger partial charge in [0.25, 0.3) is 0 Å². The fraction of sp³-hybridized carbons (Fsp3) is 0.625. The fourth-order valence-electron chi connectivity index (χ4n) is 2.38. The lowest BCUT2D eigenvalue weighted by molar-refractivity contribution is 0.466. The number of nitrogens with one attached hydrogen (secondary N) is 1. The molecule has 0 bridgehead atoms. The Labute approximate surface area is 112 Å². The first-order chi connectivity index (χ1) is 8.81. The molecule has 0 heterocycles. The molecule has 1 unspecified atom stereocenters. The van der Waals surface area contributed by atoms with Crippen LogP contribution in [-0.2, 0) is 0 Å². The summed E-state index contributed by atoms with van der Waals surface area (Å²) in [6.07, 6.45) is 3.76. The SMILES string of the molecule is CCNC(CC)CCCN(CC)c1ccccc1. The van der Waals surface area contributed by atoms with Crippen molar-refractivity contribution in [2.75, 3.05) is 24.5 Å². The van der Waals surface area contributed by atoms with E-state index in [4.69, 9.17) is 0 Å². The molecule has 2 nitrogen and oxygen atoms in total. The van der Waals surface area contributed by atoms with Gasteiger partial charge in [0.15, 0.2) is 0 Å². The van der Waals surface area contributed by atoms with Gasteiger partial charge in [-0.25, -0.2) is 0 Å². The van der Waals surface area contributed by atoms with Crippen LogP contribution in [0.3, 0.4) is 0 Å². The molecule has 1 rings (SSSR count). The van der Waals surface area contributed by atoms with Crippen molar-refractivity contribution >= 4 is 5.69 Å². The van der Waals surface area contributed by atoms with E-state index in [-0.39, 0.29) is 0 Å². The average molecular weight is 248 g/mol. The van der Waals surface area contributed by atoms with E-state index in [1.807, 2.05) is 0 Å². The van der Waals surface area contributed by atoms with E-state index >= 15 is 0 Å². The molecule has 0 fully saturated rings. The molecule has 0 spiro atoms. The minimum absolute atomic E-state index is 0.685. The van der Waals surface area contributed by atoms with Gasteiger partial charge in [-0.15, -0.1) is 0 Å². The Morgan fingerprint density at radius 2 is 1.83 bits per heavy atom. The van der Waals surface area contributed by atoms with Gasteiger partial charge in [0.05, 0.1) is 0 Å². The zero-order valence-corrected chi connectivity index (χ0v) is 12.2. The molecule has 0 saturated heterocycles. The first-order valence-corrected chi connectivity index (χ1v) is 7.35. The molecular formula is C16H28N2. The molecule has 1 aromatic rings. The highest BCUT2D eigenvalue weighted by Crippen LogP contribution is 2.14. The van der Waals surface area contributed by atoms with Crippen molar-refractivity contribution in [2.45, 2.75) is 46.1 Å². The normalized spacial score (nSPS) is 12.4. The Morgan fingerprint density at radius 1 is 1.11 bits per heavy atom. The summed E-state index contributed by atoms with van der Waals surface area (Å²) in [5.74, 6) is 0. The molecule has 102 valence electrons. The summed E-state index contributed by atoms with van der Waals surface area (Å²) in [7, 11) is 0. The summed E-state index contributed by atoms with van der Waals surface area (Å²) in [4.78, 5) is 2.46. The van der Waals surface area contributed by atoms with Crippen LogP contribution in [0.5, 0.6) is 0 Å². The number of para-hydroxylation sites is 1. The molecule has 0 aliphatic heterocycles. The Hall–Kier alpha value is -1.02. The van der Waals surface area contributed by atoms with Crippen LogP contribution in [0.1, 0.15) is 40.0 Å². The number of anilines is 1. The van der Waals surface area contributed by atoms with Crippen LogP contribution in [0.2, 0.25) is 0 Å². The molecule has 0 amide bonds. The fourth-order valence-corrected chi connectivity index (χ4v) is 2.38. The Kier molecular flexibility index (Phi) is 7.51. The van der Waals surface area contributed by atoms with Crippen LogP contribution in [0.25, 0.3) is 0 Å². The van der Waals surface area contributed by atoms with Gasteiger partial charge < -0.3 is 10.2 Å². The molecule has 0 radical (unpaired) electrons. The van der Waals surface area contributed by atoms with Gasteiger partial charge in [0.1, 0.15) is 0 Å². The number of rotatable bonds is 9. The van der Waals surface area contributed by atoms with E-state index < -0.39 is 0 Å². The van der Waals surface area contributed by atoms with Crippen LogP contribution in [0, 0.1) is 0 Å². The van der Waals surface area contributed by atoms with Crippen LogP contribution in [0.15, 0.2) is 30.3 Å². The number of hydrogen-bond donors (Lipinski definition) is 1. The molecule has 18 heavy (non-hydrogen) atoms. The van der Waals surface area contributed by atoms with E-state index in [0.717, 1.165) is 19.6 Å². The third-order valence-electron chi connectivity index (χ3n) is 3.47. The second kappa shape index (κ2) is 8.98. The summed E-state index contributed by atoms with van der Waals surface area (Å²) in [6.45, 7) is 10.0. The van der Waals surface area contributed by atoms with Gasteiger partial charge in [-0.05, 0) is 44.9 Å². The van der Waals surface area contributed by atoms with Crippen molar-refractivity contribution in [3.8, 4) is 0 Å². The van der Waals surface area contributed by atoms with Gasteiger partial charge >= 0.3 is 0 Å². The van der Waals surface area contributed by atoms with Crippen molar-refractivity contribution in [1.82, 2.24) is 5.32 Å². The van der Waals surface area contributed by atoms with E-state index in [2.05, 4.69) is 61.3 Å². The third kappa shape index (κ3) is 5.09. The van der Waals surface area contributed by atoms with Gasteiger partial charge in [-0.1, -0.05) is 32.0 Å². The lowest BCUT2D eigenvalue weighted by Crippen LogP contribution is -2.30. The standard InChI is InChI=1S/C16H28N2/c1-4-15(17-5-2)11-10-14-18(6-3)16-12-8-7-9-13-16/h7-9,12-13,15,17H,4-6,10-11,14H2,1-3H3. The average Bonchev–Trinajstić information content (AvgIpc) is 2.43. The summed E-state index contributed by atoms with van der Waals surface area (Å²) < 4.78 is 0. The second-order valence-corrected chi connectivity index (χ2v) is 4.72. The highest BCUT2D eigenvalue weighted by molar-refractivity contribution is 5.45. The van der Waals surface area contributed by atoms with Gasteiger partial charge in [0, 0.05) is 24.8 Å². The molecule has 0 aliphatic rings. The first kappa shape index (κ1) is 15.0. The van der Waals surface area contributed by atoms with E-state index in [1.54, 1.807) is 0 Å². The predicted octanol–water partition coefficient (Wildman–Crippen LogP) is 3.68. The van der Waals surface area contributed by atoms with Gasteiger partial charge in [0.2, 0.25) is 0 Å². The van der Waals surface area contributed by atoms with E-state index in [9.17, 15) is 0 Å². The largest absolute Gasteiger partial charge is 0.372 e. The van der Waals surface area contributed by atoms with Crippen LogP contribution in [-0.4, -0.2) is 25.7 Å². The zero-order valence-electron chi connectivity index (χ0n) is 12.2. The summed E-state index contributed by atoms with van der Waals surface area (Å²) in [5.41, 5.74) is 1.34. The zero-order chi connectivity index (χ0) is 13.2. The van der Waals surface area contributed by atoms with Gasteiger partial charge in [-0.3, -0.25) is 0 Å². The van der Waals surface area contributed by atoms with E-state index in [1.165, 1.54) is 24.9 Å². The minimum atomic E-state index is 0.685. The predicted molar refractivity (Wildman–Crippen MR) is 81.3 cm³/mol. The van der Waals surface area contributed by atoms with Crippen LogP contribution < -0.4 is 10.2 Å². The molecule has 1 aromatic carbocycles.